The van der Waals surface area contributed by atoms with E-state index in [-0.39, 0.29) is 0 Å². The molecule has 0 bridgehead atoms. The number of esters is 1. The first-order chi connectivity index (χ1) is 10.1. The molecule has 108 valence electrons. The summed E-state index contributed by atoms with van der Waals surface area (Å²) in [7, 11) is 0. The van der Waals surface area contributed by atoms with Crippen LogP contribution in [-0.4, -0.2) is 23.0 Å². The van der Waals surface area contributed by atoms with Gasteiger partial charge in [-0.2, -0.15) is 0 Å². The lowest BCUT2D eigenvalue weighted by atomic mass is 10.2. The smallest absolute Gasteiger partial charge is 0.338 e. The van der Waals surface area contributed by atoms with Gasteiger partial charge in [-0.1, -0.05) is 12.1 Å². The SMILES string of the molecule is CC(OC(=O)c1cccc(N)c1)C(=O)Nc1ccccn1. The third kappa shape index (κ3) is 4.04. The summed E-state index contributed by atoms with van der Waals surface area (Å²) < 4.78 is 5.09. The maximum atomic E-state index is 11.9. The van der Waals surface area contributed by atoms with Crippen molar-refractivity contribution < 1.29 is 14.3 Å². The summed E-state index contributed by atoms with van der Waals surface area (Å²) in [5.41, 5.74) is 6.35. The number of pyridine rings is 1. The molecular weight excluding hydrogens is 270 g/mol. The predicted octanol–water partition coefficient (Wildman–Crippen LogP) is 1.85. The van der Waals surface area contributed by atoms with Gasteiger partial charge in [0.05, 0.1) is 5.56 Å². The van der Waals surface area contributed by atoms with Crippen LogP contribution in [-0.2, 0) is 9.53 Å². The first-order valence-electron chi connectivity index (χ1n) is 6.34. The Morgan fingerprint density at radius 3 is 2.71 bits per heavy atom. The number of nitrogens with zero attached hydrogens (tertiary/aromatic N) is 1. The topological polar surface area (TPSA) is 94.3 Å². The van der Waals surface area contributed by atoms with E-state index in [1.165, 1.54) is 13.0 Å². The Kier molecular flexibility index (Phi) is 4.50. The summed E-state index contributed by atoms with van der Waals surface area (Å²) in [5.74, 6) is -0.661. The molecule has 1 amide bonds. The molecule has 0 saturated carbocycles. The second-order valence-electron chi connectivity index (χ2n) is 4.38. The minimum atomic E-state index is -0.944. The van der Waals surface area contributed by atoms with Gasteiger partial charge in [0.25, 0.3) is 5.91 Å². The molecule has 1 aromatic carbocycles. The van der Waals surface area contributed by atoms with Crippen molar-refractivity contribution in [3.8, 4) is 0 Å². The fourth-order valence-electron chi connectivity index (χ4n) is 1.61. The Morgan fingerprint density at radius 2 is 2.05 bits per heavy atom. The zero-order valence-electron chi connectivity index (χ0n) is 11.4. The monoisotopic (exact) mass is 285 g/mol. The number of nitrogens with one attached hydrogen (secondary N) is 1. The highest BCUT2D eigenvalue weighted by atomic mass is 16.5. The molecule has 21 heavy (non-hydrogen) atoms. The molecular formula is C15H15N3O3. The van der Waals surface area contributed by atoms with E-state index in [0.29, 0.717) is 17.1 Å². The van der Waals surface area contributed by atoms with Crippen molar-refractivity contribution in [3.63, 3.8) is 0 Å². The molecule has 1 atom stereocenters. The number of rotatable bonds is 4. The van der Waals surface area contributed by atoms with Crippen LogP contribution < -0.4 is 11.1 Å². The minimum Gasteiger partial charge on any atom is -0.449 e. The highest BCUT2D eigenvalue weighted by molar-refractivity contribution is 5.97. The third-order valence-electron chi connectivity index (χ3n) is 2.69. The lowest BCUT2D eigenvalue weighted by molar-refractivity contribution is -0.123. The summed E-state index contributed by atoms with van der Waals surface area (Å²) in [6.45, 7) is 1.49. The number of ether oxygens (including phenoxy) is 1. The highest BCUT2D eigenvalue weighted by Gasteiger charge is 2.19. The normalized spacial score (nSPS) is 11.5. The van der Waals surface area contributed by atoms with Gasteiger partial charge in [0.1, 0.15) is 5.82 Å². The third-order valence-corrected chi connectivity index (χ3v) is 2.69. The van der Waals surface area contributed by atoms with Crippen LogP contribution in [0.25, 0.3) is 0 Å². The van der Waals surface area contributed by atoms with Crippen LogP contribution in [0.15, 0.2) is 48.7 Å². The number of nitrogen functional groups attached to an aromatic ring is 1. The molecule has 6 nitrogen and oxygen atoms in total. The zero-order chi connectivity index (χ0) is 15.2. The number of hydrogen-bond acceptors (Lipinski definition) is 5. The number of nitrogens with two attached hydrogens (primary N) is 1. The van der Waals surface area contributed by atoms with Gasteiger partial charge >= 0.3 is 5.97 Å². The number of carbonyl (C=O) groups is 2. The summed E-state index contributed by atoms with van der Waals surface area (Å²) in [6.07, 6.45) is 0.611. The van der Waals surface area contributed by atoms with E-state index < -0.39 is 18.0 Å². The number of amides is 1. The molecule has 0 radical (unpaired) electrons. The molecule has 1 aromatic heterocycles. The van der Waals surface area contributed by atoms with E-state index >= 15 is 0 Å². The van der Waals surface area contributed by atoms with E-state index in [0.717, 1.165) is 0 Å². The summed E-state index contributed by atoms with van der Waals surface area (Å²) in [6, 6.07) is 11.5. The van der Waals surface area contributed by atoms with Crippen LogP contribution in [0.2, 0.25) is 0 Å². The van der Waals surface area contributed by atoms with E-state index in [1.807, 2.05) is 0 Å². The lowest BCUT2D eigenvalue weighted by Gasteiger charge is -2.13. The van der Waals surface area contributed by atoms with Crippen molar-refractivity contribution in [3.05, 3.63) is 54.2 Å². The van der Waals surface area contributed by atoms with Crippen molar-refractivity contribution in [2.24, 2.45) is 0 Å². The van der Waals surface area contributed by atoms with Gasteiger partial charge < -0.3 is 15.8 Å². The summed E-state index contributed by atoms with van der Waals surface area (Å²) in [5, 5.41) is 2.56. The van der Waals surface area contributed by atoms with Crippen LogP contribution in [0, 0.1) is 0 Å². The highest BCUT2D eigenvalue weighted by Crippen LogP contribution is 2.10. The van der Waals surface area contributed by atoms with Crippen molar-refractivity contribution in [1.82, 2.24) is 4.98 Å². The van der Waals surface area contributed by atoms with Crippen molar-refractivity contribution in [2.75, 3.05) is 11.1 Å². The number of hydrogen-bond donors (Lipinski definition) is 2. The van der Waals surface area contributed by atoms with Crippen molar-refractivity contribution in [2.45, 2.75) is 13.0 Å². The van der Waals surface area contributed by atoms with E-state index in [4.69, 9.17) is 10.5 Å². The number of carbonyl (C=O) groups excluding carboxylic acids is 2. The molecule has 6 heteroatoms. The fraction of sp³-hybridized carbons (Fsp3) is 0.133. The van der Waals surface area contributed by atoms with Crippen LogP contribution in [0.5, 0.6) is 0 Å². The quantitative estimate of drug-likeness (QED) is 0.660. The first-order valence-corrected chi connectivity index (χ1v) is 6.34. The Hall–Kier alpha value is -2.89. The van der Waals surface area contributed by atoms with Crippen LogP contribution in [0.3, 0.4) is 0 Å². The van der Waals surface area contributed by atoms with E-state index in [2.05, 4.69) is 10.3 Å². The number of anilines is 2. The van der Waals surface area contributed by atoms with E-state index in [1.54, 1.807) is 42.6 Å². The minimum absolute atomic E-state index is 0.299. The molecule has 3 N–H and O–H groups in total. The number of benzene rings is 1. The van der Waals surface area contributed by atoms with E-state index in [9.17, 15) is 9.59 Å². The Bertz CT molecular complexity index is 644. The molecule has 1 unspecified atom stereocenters. The standard InChI is InChI=1S/C15H15N3O3/c1-10(14(19)18-13-7-2-3-8-17-13)21-15(20)11-5-4-6-12(16)9-11/h2-10H,16H2,1H3,(H,17,18,19). The number of aromatic nitrogens is 1. The van der Waals surface area contributed by atoms with Gasteiger partial charge in [0, 0.05) is 11.9 Å². The second kappa shape index (κ2) is 6.51. The van der Waals surface area contributed by atoms with Gasteiger partial charge in [0.2, 0.25) is 0 Å². The fourth-order valence-corrected chi connectivity index (χ4v) is 1.61. The largest absolute Gasteiger partial charge is 0.449 e. The van der Waals surface area contributed by atoms with Gasteiger partial charge in [-0.3, -0.25) is 4.79 Å². The van der Waals surface area contributed by atoms with Gasteiger partial charge in [0.15, 0.2) is 6.10 Å². The Balaban J connectivity index is 1.96. The molecule has 0 saturated heterocycles. The van der Waals surface area contributed by atoms with Crippen LogP contribution in [0.1, 0.15) is 17.3 Å². The molecule has 2 rings (SSSR count). The van der Waals surface area contributed by atoms with Gasteiger partial charge in [-0.25, -0.2) is 9.78 Å². The molecule has 0 aliphatic carbocycles. The Morgan fingerprint density at radius 1 is 1.24 bits per heavy atom. The summed E-state index contributed by atoms with van der Waals surface area (Å²) in [4.78, 5) is 27.7. The van der Waals surface area contributed by atoms with Crippen molar-refractivity contribution >= 4 is 23.4 Å². The van der Waals surface area contributed by atoms with Gasteiger partial charge in [-0.05, 0) is 37.3 Å². The van der Waals surface area contributed by atoms with Gasteiger partial charge in [-0.15, -0.1) is 0 Å². The Labute approximate surface area is 121 Å². The second-order valence-corrected chi connectivity index (χ2v) is 4.38. The van der Waals surface area contributed by atoms with Crippen LogP contribution >= 0.6 is 0 Å². The van der Waals surface area contributed by atoms with Crippen LogP contribution in [0.4, 0.5) is 11.5 Å². The first kappa shape index (κ1) is 14.5. The lowest BCUT2D eigenvalue weighted by Crippen LogP contribution is -2.30. The maximum absolute atomic E-state index is 11.9. The zero-order valence-corrected chi connectivity index (χ0v) is 11.4. The summed E-state index contributed by atoms with van der Waals surface area (Å²) >= 11 is 0. The molecule has 0 fully saturated rings. The molecule has 0 spiro atoms. The molecule has 0 aliphatic heterocycles. The molecule has 1 heterocycles. The molecule has 2 aromatic rings. The maximum Gasteiger partial charge on any atom is 0.338 e. The molecule has 0 aliphatic rings. The average molecular weight is 285 g/mol. The van der Waals surface area contributed by atoms with Crippen molar-refractivity contribution in [1.29, 1.82) is 0 Å². The predicted molar refractivity (Wildman–Crippen MR) is 78.6 cm³/mol. The average Bonchev–Trinajstić information content (AvgIpc) is 2.48.